The molecule has 1 saturated carbocycles. The van der Waals surface area contributed by atoms with Gasteiger partial charge in [0, 0.05) is 5.25 Å². The molecule has 1 fully saturated rings. The third kappa shape index (κ3) is 4.03. The fraction of sp³-hybridized carbons (Fsp3) is 0.900. The van der Waals surface area contributed by atoms with Crippen molar-refractivity contribution in [2.24, 2.45) is 5.92 Å². The molecule has 1 rings (SSSR count). The Morgan fingerprint density at radius 2 is 1.85 bits per heavy atom. The van der Waals surface area contributed by atoms with Crippen molar-refractivity contribution in [1.29, 1.82) is 0 Å². The SMILES string of the molecule is O=C(O)CC(S)C1CCCCCC1. The highest BCUT2D eigenvalue weighted by molar-refractivity contribution is 7.81. The molecule has 3 heteroatoms. The Labute approximate surface area is 85.1 Å². The molecule has 0 radical (unpaired) electrons. The second kappa shape index (κ2) is 5.53. The molecule has 0 spiro atoms. The molecule has 1 atom stereocenters. The van der Waals surface area contributed by atoms with E-state index in [1.54, 1.807) is 0 Å². The fourth-order valence-electron chi connectivity index (χ4n) is 2.04. The molecule has 1 unspecified atom stereocenters. The van der Waals surface area contributed by atoms with Crippen LogP contribution in [0.25, 0.3) is 0 Å². The van der Waals surface area contributed by atoms with Gasteiger partial charge in [0.1, 0.15) is 0 Å². The predicted octanol–water partition coefficient (Wildman–Crippen LogP) is 2.73. The van der Waals surface area contributed by atoms with E-state index in [2.05, 4.69) is 12.6 Å². The summed E-state index contributed by atoms with van der Waals surface area (Å²) in [4.78, 5) is 10.5. The molecule has 0 aromatic carbocycles. The minimum absolute atomic E-state index is 0.0654. The molecule has 2 nitrogen and oxygen atoms in total. The van der Waals surface area contributed by atoms with E-state index in [0.717, 1.165) is 0 Å². The number of hydrogen-bond acceptors (Lipinski definition) is 2. The van der Waals surface area contributed by atoms with Crippen LogP contribution in [0, 0.1) is 5.92 Å². The normalized spacial score (nSPS) is 22.2. The lowest BCUT2D eigenvalue weighted by molar-refractivity contribution is -0.137. The van der Waals surface area contributed by atoms with Crippen molar-refractivity contribution in [3.05, 3.63) is 0 Å². The number of carboxylic acid groups (broad SMARTS) is 1. The van der Waals surface area contributed by atoms with Crippen LogP contribution in [0.5, 0.6) is 0 Å². The fourth-order valence-corrected chi connectivity index (χ4v) is 2.50. The van der Waals surface area contributed by atoms with Crippen molar-refractivity contribution in [2.45, 2.75) is 50.2 Å². The summed E-state index contributed by atoms with van der Waals surface area (Å²) in [6.45, 7) is 0. The van der Waals surface area contributed by atoms with Crippen LogP contribution in [-0.4, -0.2) is 16.3 Å². The maximum absolute atomic E-state index is 10.5. The predicted molar refractivity (Wildman–Crippen MR) is 56.2 cm³/mol. The Morgan fingerprint density at radius 3 is 2.31 bits per heavy atom. The van der Waals surface area contributed by atoms with Crippen molar-refractivity contribution >= 4 is 18.6 Å². The largest absolute Gasteiger partial charge is 0.481 e. The highest BCUT2D eigenvalue weighted by Gasteiger charge is 2.21. The van der Waals surface area contributed by atoms with Gasteiger partial charge in [-0.3, -0.25) is 4.79 Å². The number of hydrogen-bond donors (Lipinski definition) is 2. The summed E-state index contributed by atoms with van der Waals surface area (Å²) in [5, 5.41) is 8.70. The van der Waals surface area contributed by atoms with Crippen LogP contribution in [0.1, 0.15) is 44.9 Å². The molecule has 76 valence electrons. The lowest BCUT2D eigenvalue weighted by Gasteiger charge is -2.19. The standard InChI is InChI=1S/C10H18O2S/c11-10(12)7-9(13)8-5-3-1-2-4-6-8/h8-9,13H,1-7H2,(H,11,12). The van der Waals surface area contributed by atoms with Crippen LogP contribution < -0.4 is 0 Å². The van der Waals surface area contributed by atoms with E-state index in [1.165, 1.54) is 38.5 Å². The summed E-state index contributed by atoms with van der Waals surface area (Å²) in [7, 11) is 0. The first kappa shape index (κ1) is 10.9. The molecule has 1 N–H and O–H groups in total. The van der Waals surface area contributed by atoms with Crippen molar-refractivity contribution in [3.8, 4) is 0 Å². The smallest absolute Gasteiger partial charge is 0.304 e. The molecular formula is C10H18O2S. The minimum atomic E-state index is -0.718. The molecular weight excluding hydrogens is 184 g/mol. The summed E-state index contributed by atoms with van der Waals surface area (Å²) in [5.41, 5.74) is 0. The lowest BCUT2D eigenvalue weighted by Crippen LogP contribution is -2.18. The van der Waals surface area contributed by atoms with E-state index in [4.69, 9.17) is 5.11 Å². The van der Waals surface area contributed by atoms with Gasteiger partial charge in [0.15, 0.2) is 0 Å². The van der Waals surface area contributed by atoms with E-state index in [0.29, 0.717) is 5.92 Å². The monoisotopic (exact) mass is 202 g/mol. The maximum Gasteiger partial charge on any atom is 0.304 e. The first-order valence-corrected chi connectivity index (χ1v) is 5.61. The van der Waals surface area contributed by atoms with E-state index in [1.807, 2.05) is 0 Å². The molecule has 0 aliphatic heterocycles. The van der Waals surface area contributed by atoms with E-state index < -0.39 is 5.97 Å². The van der Waals surface area contributed by atoms with Crippen molar-refractivity contribution < 1.29 is 9.90 Å². The van der Waals surface area contributed by atoms with Crippen LogP contribution in [0.4, 0.5) is 0 Å². The third-order valence-electron chi connectivity index (χ3n) is 2.83. The van der Waals surface area contributed by atoms with Crippen molar-refractivity contribution in [2.75, 3.05) is 0 Å². The number of thiol groups is 1. The highest BCUT2D eigenvalue weighted by Crippen LogP contribution is 2.29. The Hall–Kier alpha value is -0.180. The van der Waals surface area contributed by atoms with Crippen molar-refractivity contribution in [1.82, 2.24) is 0 Å². The number of rotatable bonds is 3. The highest BCUT2D eigenvalue weighted by atomic mass is 32.1. The van der Waals surface area contributed by atoms with E-state index in [9.17, 15) is 4.79 Å². The van der Waals surface area contributed by atoms with E-state index in [-0.39, 0.29) is 11.7 Å². The number of carboxylic acids is 1. The average molecular weight is 202 g/mol. The second-order valence-corrected chi connectivity index (χ2v) is 4.58. The summed E-state index contributed by atoms with van der Waals surface area (Å²) >= 11 is 4.38. The molecule has 1 aliphatic rings. The van der Waals surface area contributed by atoms with Gasteiger partial charge in [0.05, 0.1) is 6.42 Å². The van der Waals surface area contributed by atoms with Crippen LogP contribution in [0.3, 0.4) is 0 Å². The third-order valence-corrected chi connectivity index (χ3v) is 3.43. The van der Waals surface area contributed by atoms with Gasteiger partial charge >= 0.3 is 5.97 Å². The average Bonchev–Trinajstić information content (AvgIpc) is 2.29. The van der Waals surface area contributed by atoms with Gasteiger partial charge in [0.25, 0.3) is 0 Å². The molecule has 0 aromatic heterocycles. The van der Waals surface area contributed by atoms with Gasteiger partial charge < -0.3 is 5.11 Å². The Bertz CT molecular complexity index is 162. The van der Waals surface area contributed by atoms with Crippen molar-refractivity contribution in [3.63, 3.8) is 0 Å². The number of carbonyl (C=O) groups is 1. The Balaban J connectivity index is 2.34. The van der Waals surface area contributed by atoms with Gasteiger partial charge in [-0.05, 0) is 18.8 Å². The molecule has 0 aromatic rings. The molecule has 1 aliphatic carbocycles. The summed E-state index contributed by atoms with van der Waals surface area (Å²) in [5.74, 6) is -0.189. The van der Waals surface area contributed by atoms with Crippen LogP contribution >= 0.6 is 12.6 Å². The Kier molecular flexibility index (Phi) is 4.64. The zero-order valence-corrected chi connectivity index (χ0v) is 8.80. The summed E-state index contributed by atoms with van der Waals surface area (Å²) in [6.07, 6.45) is 7.67. The van der Waals surface area contributed by atoms with E-state index >= 15 is 0 Å². The lowest BCUT2D eigenvalue weighted by atomic mass is 9.94. The zero-order chi connectivity index (χ0) is 9.68. The quantitative estimate of drug-likeness (QED) is 0.545. The Morgan fingerprint density at radius 1 is 1.31 bits per heavy atom. The van der Waals surface area contributed by atoms with Gasteiger partial charge in [-0.1, -0.05) is 25.7 Å². The first-order valence-electron chi connectivity index (χ1n) is 5.10. The summed E-state index contributed by atoms with van der Waals surface area (Å²) in [6, 6.07) is 0. The molecule has 0 amide bonds. The molecule has 0 heterocycles. The first-order chi connectivity index (χ1) is 6.20. The van der Waals surface area contributed by atoms with Gasteiger partial charge in [-0.25, -0.2) is 0 Å². The summed E-state index contributed by atoms with van der Waals surface area (Å²) < 4.78 is 0. The van der Waals surface area contributed by atoms with Gasteiger partial charge in [-0.15, -0.1) is 0 Å². The zero-order valence-electron chi connectivity index (χ0n) is 7.91. The molecule has 0 bridgehead atoms. The maximum atomic E-state index is 10.5. The van der Waals surface area contributed by atoms with Gasteiger partial charge in [-0.2, -0.15) is 12.6 Å². The number of aliphatic carboxylic acids is 1. The second-order valence-electron chi connectivity index (χ2n) is 3.92. The van der Waals surface area contributed by atoms with Crippen LogP contribution in [0.2, 0.25) is 0 Å². The topological polar surface area (TPSA) is 37.3 Å². The molecule has 0 saturated heterocycles. The van der Waals surface area contributed by atoms with Crippen LogP contribution in [0.15, 0.2) is 0 Å². The van der Waals surface area contributed by atoms with Crippen LogP contribution in [-0.2, 0) is 4.79 Å². The minimum Gasteiger partial charge on any atom is -0.481 e. The molecule has 13 heavy (non-hydrogen) atoms. The van der Waals surface area contributed by atoms with Gasteiger partial charge in [0.2, 0.25) is 0 Å².